The van der Waals surface area contributed by atoms with Gasteiger partial charge in [0.1, 0.15) is 11.5 Å². The molecule has 3 aromatic rings. The van der Waals surface area contributed by atoms with Crippen LogP contribution in [0.3, 0.4) is 0 Å². The highest BCUT2D eigenvalue weighted by atomic mass is 16.5. The van der Waals surface area contributed by atoms with Crippen LogP contribution in [0.15, 0.2) is 60.6 Å². The second kappa shape index (κ2) is 8.81. The Bertz CT molecular complexity index is 1190. The van der Waals surface area contributed by atoms with Gasteiger partial charge in [-0.1, -0.05) is 0 Å². The maximum Gasteiger partial charge on any atom is 0.343 e. The number of aromatic nitrogens is 1. The average molecular weight is 433 g/mol. The number of rotatable bonds is 6. The van der Waals surface area contributed by atoms with Gasteiger partial charge < -0.3 is 23.7 Å². The Morgan fingerprint density at radius 3 is 2.25 bits per heavy atom. The SMILES string of the molecule is COc1cc(C(=O)Oc2ccc3c(c2)OC(=Cc2ccncc2)C3=O)cc(OC)c1OC. The number of hydrogen-bond acceptors (Lipinski definition) is 8. The lowest BCUT2D eigenvalue weighted by molar-refractivity contribution is 0.0733. The molecule has 8 nitrogen and oxygen atoms in total. The molecule has 32 heavy (non-hydrogen) atoms. The molecule has 162 valence electrons. The van der Waals surface area contributed by atoms with E-state index in [1.807, 2.05) is 0 Å². The molecule has 0 radical (unpaired) electrons. The normalized spacial score (nSPS) is 13.3. The van der Waals surface area contributed by atoms with Crippen molar-refractivity contribution in [3.8, 4) is 28.7 Å². The molecule has 0 spiro atoms. The number of carbonyl (C=O) groups excluding carboxylic acids is 2. The number of esters is 1. The number of fused-ring (bicyclic) bond motifs is 1. The number of hydrogen-bond donors (Lipinski definition) is 0. The lowest BCUT2D eigenvalue weighted by Crippen LogP contribution is -2.09. The molecule has 0 saturated carbocycles. The minimum Gasteiger partial charge on any atom is -0.493 e. The predicted molar refractivity (Wildman–Crippen MR) is 115 cm³/mol. The summed E-state index contributed by atoms with van der Waals surface area (Å²) < 4.78 is 27.0. The summed E-state index contributed by atoms with van der Waals surface area (Å²) in [6, 6.07) is 11.1. The Labute approximate surface area is 184 Å². The zero-order valence-electron chi connectivity index (χ0n) is 17.6. The van der Waals surface area contributed by atoms with E-state index in [9.17, 15) is 9.59 Å². The van der Waals surface area contributed by atoms with E-state index >= 15 is 0 Å². The summed E-state index contributed by atoms with van der Waals surface area (Å²) in [4.78, 5) is 29.3. The Kier molecular flexibility index (Phi) is 5.76. The van der Waals surface area contributed by atoms with Crippen molar-refractivity contribution in [1.29, 1.82) is 0 Å². The average Bonchev–Trinajstić information content (AvgIpc) is 3.12. The van der Waals surface area contributed by atoms with E-state index in [0.717, 1.165) is 5.56 Å². The summed E-state index contributed by atoms with van der Waals surface area (Å²) >= 11 is 0. The van der Waals surface area contributed by atoms with Crippen LogP contribution in [0.4, 0.5) is 0 Å². The first-order chi connectivity index (χ1) is 15.5. The number of ether oxygens (including phenoxy) is 5. The molecule has 1 aliphatic rings. The van der Waals surface area contributed by atoms with Gasteiger partial charge in [0, 0.05) is 18.5 Å². The molecule has 0 N–H and O–H groups in total. The Morgan fingerprint density at radius 2 is 1.62 bits per heavy atom. The van der Waals surface area contributed by atoms with E-state index in [-0.39, 0.29) is 22.9 Å². The Morgan fingerprint density at radius 1 is 0.938 bits per heavy atom. The second-order valence-corrected chi connectivity index (χ2v) is 6.68. The highest BCUT2D eigenvalue weighted by molar-refractivity contribution is 6.14. The predicted octanol–water partition coefficient (Wildman–Crippen LogP) is 3.94. The van der Waals surface area contributed by atoms with E-state index in [1.54, 1.807) is 36.7 Å². The maximum atomic E-state index is 12.7. The highest BCUT2D eigenvalue weighted by Gasteiger charge is 2.28. The Hall–Kier alpha value is -4.33. The number of pyridine rings is 1. The fraction of sp³-hybridized carbons (Fsp3) is 0.125. The van der Waals surface area contributed by atoms with Gasteiger partial charge in [0.2, 0.25) is 11.5 Å². The van der Waals surface area contributed by atoms with Crippen molar-refractivity contribution in [2.24, 2.45) is 0 Å². The van der Waals surface area contributed by atoms with E-state index in [1.165, 1.54) is 45.6 Å². The van der Waals surface area contributed by atoms with Crippen LogP contribution in [0.1, 0.15) is 26.3 Å². The van der Waals surface area contributed by atoms with Crippen LogP contribution in [-0.4, -0.2) is 38.1 Å². The van der Waals surface area contributed by atoms with Crippen LogP contribution in [0.5, 0.6) is 28.7 Å². The van der Waals surface area contributed by atoms with Crippen LogP contribution in [-0.2, 0) is 0 Å². The van der Waals surface area contributed by atoms with Gasteiger partial charge in [-0.2, -0.15) is 0 Å². The minimum atomic E-state index is -0.638. The third-order valence-electron chi connectivity index (χ3n) is 4.76. The maximum absolute atomic E-state index is 12.7. The van der Waals surface area contributed by atoms with Gasteiger partial charge in [0.25, 0.3) is 0 Å². The van der Waals surface area contributed by atoms with Gasteiger partial charge in [-0.25, -0.2) is 4.79 Å². The number of nitrogens with zero attached hydrogens (tertiary/aromatic N) is 1. The molecule has 0 bridgehead atoms. The van der Waals surface area contributed by atoms with Gasteiger partial charge in [-0.05, 0) is 48.0 Å². The first kappa shape index (κ1) is 20.9. The van der Waals surface area contributed by atoms with E-state index < -0.39 is 5.97 Å². The minimum absolute atomic E-state index is 0.180. The lowest BCUT2D eigenvalue weighted by Gasteiger charge is -2.13. The molecular formula is C24H19NO7. The number of benzene rings is 2. The molecule has 4 rings (SSSR count). The highest BCUT2D eigenvalue weighted by Crippen LogP contribution is 2.39. The van der Waals surface area contributed by atoms with Crippen molar-refractivity contribution in [1.82, 2.24) is 4.98 Å². The zero-order valence-corrected chi connectivity index (χ0v) is 17.6. The summed E-state index contributed by atoms with van der Waals surface area (Å²) in [6.07, 6.45) is 4.88. The molecule has 0 fully saturated rings. The first-order valence-electron chi connectivity index (χ1n) is 9.54. The molecule has 8 heteroatoms. The fourth-order valence-electron chi connectivity index (χ4n) is 3.21. The van der Waals surface area contributed by atoms with Crippen molar-refractivity contribution in [3.05, 3.63) is 77.3 Å². The molecule has 0 unspecified atom stereocenters. The number of ketones is 1. The third-order valence-corrected chi connectivity index (χ3v) is 4.76. The van der Waals surface area contributed by atoms with Crippen LogP contribution in [0, 0.1) is 0 Å². The van der Waals surface area contributed by atoms with E-state index in [4.69, 9.17) is 23.7 Å². The molecular weight excluding hydrogens is 414 g/mol. The standard InChI is InChI=1S/C24H19NO7/c1-28-20-11-15(12-21(29-2)23(20)30-3)24(27)31-16-4-5-17-18(13-16)32-19(22(17)26)10-14-6-8-25-9-7-14/h4-13H,1-3H3. The molecule has 2 aromatic carbocycles. The van der Waals surface area contributed by atoms with Crippen LogP contribution < -0.4 is 23.7 Å². The summed E-state index contributed by atoms with van der Waals surface area (Å²) in [7, 11) is 4.39. The van der Waals surface area contributed by atoms with Gasteiger partial charge in [0.05, 0.1) is 32.5 Å². The molecule has 0 amide bonds. The quantitative estimate of drug-likeness (QED) is 0.328. The summed E-state index contributed by atoms with van der Waals surface area (Å²) in [5.74, 6) is 0.843. The topological polar surface area (TPSA) is 93.2 Å². The summed E-state index contributed by atoms with van der Waals surface area (Å²) in [5.41, 5.74) is 1.37. The van der Waals surface area contributed by atoms with Crippen molar-refractivity contribution in [3.63, 3.8) is 0 Å². The molecule has 0 aliphatic carbocycles. The number of carbonyl (C=O) groups is 2. The number of allylic oxidation sites excluding steroid dienone is 1. The van der Waals surface area contributed by atoms with Crippen molar-refractivity contribution in [2.45, 2.75) is 0 Å². The fourth-order valence-corrected chi connectivity index (χ4v) is 3.21. The van der Waals surface area contributed by atoms with Crippen molar-refractivity contribution in [2.75, 3.05) is 21.3 Å². The van der Waals surface area contributed by atoms with Gasteiger partial charge in [-0.3, -0.25) is 9.78 Å². The second-order valence-electron chi connectivity index (χ2n) is 6.68. The molecule has 2 heterocycles. The summed E-state index contributed by atoms with van der Waals surface area (Å²) in [5, 5.41) is 0. The summed E-state index contributed by atoms with van der Waals surface area (Å²) in [6.45, 7) is 0. The molecule has 0 saturated heterocycles. The van der Waals surface area contributed by atoms with Crippen LogP contribution in [0.2, 0.25) is 0 Å². The Balaban J connectivity index is 1.57. The van der Waals surface area contributed by atoms with E-state index in [2.05, 4.69) is 4.98 Å². The van der Waals surface area contributed by atoms with Gasteiger partial charge in [0.15, 0.2) is 17.3 Å². The van der Waals surface area contributed by atoms with Crippen molar-refractivity contribution < 1.29 is 33.3 Å². The van der Waals surface area contributed by atoms with Gasteiger partial charge >= 0.3 is 5.97 Å². The molecule has 1 aliphatic heterocycles. The van der Waals surface area contributed by atoms with Crippen molar-refractivity contribution >= 4 is 17.8 Å². The first-order valence-corrected chi connectivity index (χ1v) is 9.54. The number of methoxy groups -OCH3 is 3. The van der Waals surface area contributed by atoms with E-state index in [0.29, 0.717) is 28.6 Å². The van der Waals surface area contributed by atoms with Gasteiger partial charge in [-0.15, -0.1) is 0 Å². The smallest absolute Gasteiger partial charge is 0.343 e. The van der Waals surface area contributed by atoms with Crippen LogP contribution in [0.25, 0.3) is 6.08 Å². The van der Waals surface area contributed by atoms with Crippen LogP contribution >= 0.6 is 0 Å². The number of Topliss-reactive ketones (excluding diaryl/α,β-unsaturated/α-hetero) is 1. The molecule has 1 aromatic heterocycles. The molecule has 0 atom stereocenters. The zero-order chi connectivity index (χ0) is 22.7. The largest absolute Gasteiger partial charge is 0.493 e. The monoisotopic (exact) mass is 433 g/mol. The third kappa shape index (κ3) is 3.98. The lowest BCUT2D eigenvalue weighted by atomic mass is 10.1.